The topological polar surface area (TPSA) is 60.9 Å². The molecule has 2 aliphatic heterocycles. The number of nitrogens with zero attached hydrogens (tertiary/aromatic N) is 2. The molecule has 0 spiro atoms. The van der Waals surface area contributed by atoms with Crippen molar-refractivity contribution < 1.29 is 14.7 Å². The molecular formula is C18H24N2O3. The molecule has 2 aliphatic rings. The van der Waals surface area contributed by atoms with E-state index in [1.165, 1.54) is 6.42 Å². The summed E-state index contributed by atoms with van der Waals surface area (Å²) in [7, 11) is 0. The molecule has 0 aliphatic carbocycles. The molecule has 1 N–H and O–H groups in total. The molecule has 0 aromatic heterocycles. The lowest BCUT2D eigenvalue weighted by molar-refractivity contribution is -0.141. The first kappa shape index (κ1) is 16.0. The van der Waals surface area contributed by atoms with Gasteiger partial charge in [0, 0.05) is 31.7 Å². The van der Waals surface area contributed by atoms with Crippen LogP contribution in [0.2, 0.25) is 0 Å². The second-order valence-electron chi connectivity index (χ2n) is 6.61. The van der Waals surface area contributed by atoms with Crippen molar-refractivity contribution in [1.82, 2.24) is 9.80 Å². The number of rotatable bonds is 4. The molecule has 1 amide bonds. The third-order valence-corrected chi connectivity index (χ3v) is 4.85. The number of amides is 1. The minimum atomic E-state index is -0.707. The second-order valence-corrected chi connectivity index (χ2v) is 6.61. The summed E-state index contributed by atoms with van der Waals surface area (Å²) >= 11 is 0. The van der Waals surface area contributed by atoms with Gasteiger partial charge < -0.3 is 10.0 Å². The predicted octanol–water partition coefficient (Wildman–Crippen LogP) is 2.22. The molecule has 5 nitrogen and oxygen atoms in total. The van der Waals surface area contributed by atoms with E-state index in [-0.39, 0.29) is 11.8 Å². The highest BCUT2D eigenvalue weighted by atomic mass is 16.4. The maximum Gasteiger partial charge on any atom is 0.307 e. The van der Waals surface area contributed by atoms with Gasteiger partial charge in [0.2, 0.25) is 0 Å². The molecule has 2 heterocycles. The van der Waals surface area contributed by atoms with E-state index in [1.807, 2.05) is 29.2 Å². The van der Waals surface area contributed by atoms with Crippen molar-refractivity contribution >= 4 is 11.9 Å². The first-order chi connectivity index (χ1) is 11.1. The molecule has 2 saturated heterocycles. The van der Waals surface area contributed by atoms with Crippen LogP contribution in [-0.4, -0.2) is 53.0 Å². The summed E-state index contributed by atoms with van der Waals surface area (Å²) in [4.78, 5) is 27.7. The molecule has 1 unspecified atom stereocenters. The minimum Gasteiger partial charge on any atom is -0.481 e. The normalized spacial score (nSPS) is 22.3. The monoisotopic (exact) mass is 316 g/mol. The number of carbonyl (C=O) groups excluding carboxylic acids is 1. The summed E-state index contributed by atoms with van der Waals surface area (Å²) < 4.78 is 0. The van der Waals surface area contributed by atoms with E-state index in [9.17, 15) is 9.59 Å². The Bertz CT molecular complexity index is 581. The van der Waals surface area contributed by atoms with Crippen LogP contribution < -0.4 is 0 Å². The third kappa shape index (κ3) is 3.91. The van der Waals surface area contributed by atoms with Crippen LogP contribution in [0.3, 0.4) is 0 Å². The van der Waals surface area contributed by atoms with Crippen molar-refractivity contribution in [3.05, 3.63) is 35.4 Å². The lowest BCUT2D eigenvalue weighted by atomic mass is 10.1. The van der Waals surface area contributed by atoms with Gasteiger partial charge in [-0.15, -0.1) is 0 Å². The van der Waals surface area contributed by atoms with E-state index in [4.69, 9.17) is 5.11 Å². The number of likely N-dealkylation sites (tertiary alicyclic amines) is 2. The van der Waals surface area contributed by atoms with Gasteiger partial charge in [-0.3, -0.25) is 14.5 Å². The van der Waals surface area contributed by atoms with Crippen LogP contribution in [0.15, 0.2) is 24.3 Å². The Balaban J connectivity index is 1.63. The van der Waals surface area contributed by atoms with E-state index in [0.29, 0.717) is 19.5 Å². The molecule has 1 aromatic carbocycles. The number of piperidine rings is 1. The fourth-order valence-corrected chi connectivity index (χ4v) is 3.52. The summed E-state index contributed by atoms with van der Waals surface area (Å²) in [5, 5.41) is 9.08. The summed E-state index contributed by atoms with van der Waals surface area (Å²) in [5.74, 6) is -0.842. The van der Waals surface area contributed by atoms with Crippen LogP contribution >= 0.6 is 0 Å². The van der Waals surface area contributed by atoms with E-state index in [1.54, 1.807) is 0 Å². The SMILES string of the molecule is O=C(O)C1CCN(Cc2cccc(C(=O)N3CCCCC3)c2)C1. The molecule has 5 heteroatoms. The van der Waals surface area contributed by atoms with Gasteiger partial charge in [0.1, 0.15) is 0 Å². The van der Waals surface area contributed by atoms with Crippen molar-refractivity contribution in [2.75, 3.05) is 26.2 Å². The second kappa shape index (κ2) is 7.13. The fourth-order valence-electron chi connectivity index (χ4n) is 3.52. The van der Waals surface area contributed by atoms with Gasteiger partial charge in [0.05, 0.1) is 5.92 Å². The predicted molar refractivity (Wildman–Crippen MR) is 87.2 cm³/mol. The fraction of sp³-hybridized carbons (Fsp3) is 0.556. The van der Waals surface area contributed by atoms with Gasteiger partial charge >= 0.3 is 5.97 Å². The third-order valence-electron chi connectivity index (χ3n) is 4.85. The van der Waals surface area contributed by atoms with Gasteiger partial charge in [-0.2, -0.15) is 0 Å². The Morgan fingerprint density at radius 2 is 1.91 bits per heavy atom. The molecule has 2 fully saturated rings. The average Bonchev–Trinajstić information content (AvgIpc) is 3.04. The van der Waals surface area contributed by atoms with E-state index < -0.39 is 5.97 Å². The van der Waals surface area contributed by atoms with Crippen LogP contribution in [-0.2, 0) is 11.3 Å². The van der Waals surface area contributed by atoms with Gasteiger partial charge in [-0.25, -0.2) is 0 Å². The number of carboxylic acid groups (broad SMARTS) is 1. The highest BCUT2D eigenvalue weighted by Gasteiger charge is 2.28. The molecule has 0 saturated carbocycles. The van der Waals surface area contributed by atoms with Crippen molar-refractivity contribution in [1.29, 1.82) is 0 Å². The first-order valence-corrected chi connectivity index (χ1v) is 8.47. The van der Waals surface area contributed by atoms with Gasteiger partial charge in [0.15, 0.2) is 0 Å². The van der Waals surface area contributed by atoms with Crippen molar-refractivity contribution in [2.45, 2.75) is 32.2 Å². The minimum absolute atomic E-state index is 0.122. The van der Waals surface area contributed by atoms with E-state index in [0.717, 1.165) is 43.6 Å². The number of carboxylic acids is 1. The Labute approximate surface area is 136 Å². The average molecular weight is 316 g/mol. The number of carbonyl (C=O) groups is 2. The molecule has 1 atom stereocenters. The van der Waals surface area contributed by atoms with Crippen molar-refractivity contribution in [2.24, 2.45) is 5.92 Å². The first-order valence-electron chi connectivity index (χ1n) is 8.47. The van der Waals surface area contributed by atoms with Crippen LogP contribution in [0.25, 0.3) is 0 Å². The quantitative estimate of drug-likeness (QED) is 0.925. The smallest absolute Gasteiger partial charge is 0.307 e. The molecule has 1 aromatic rings. The number of hydrogen-bond donors (Lipinski definition) is 1. The van der Waals surface area contributed by atoms with E-state index >= 15 is 0 Å². The summed E-state index contributed by atoms with van der Waals surface area (Å²) in [6.07, 6.45) is 4.11. The molecule has 0 radical (unpaired) electrons. The zero-order valence-electron chi connectivity index (χ0n) is 13.4. The number of benzene rings is 1. The Morgan fingerprint density at radius 1 is 1.13 bits per heavy atom. The summed E-state index contributed by atoms with van der Waals surface area (Å²) in [5.41, 5.74) is 1.83. The molecule has 23 heavy (non-hydrogen) atoms. The van der Waals surface area contributed by atoms with Gasteiger partial charge in [0.25, 0.3) is 5.91 Å². The standard InChI is InChI=1S/C18H24N2O3/c21-17(20-8-2-1-3-9-20)15-6-4-5-14(11-15)12-19-10-7-16(13-19)18(22)23/h4-6,11,16H,1-3,7-10,12-13H2,(H,22,23). The Hall–Kier alpha value is -1.88. The van der Waals surface area contributed by atoms with Gasteiger partial charge in [-0.05, 0) is 49.9 Å². The Morgan fingerprint density at radius 3 is 2.61 bits per heavy atom. The largest absolute Gasteiger partial charge is 0.481 e. The molecule has 0 bridgehead atoms. The van der Waals surface area contributed by atoms with Crippen LogP contribution in [0, 0.1) is 5.92 Å². The van der Waals surface area contributed by atoms with E-state index in [2.05, 4.69) is 4.90 Å². The lowest BCUT2D eigenvalue weighted by Crippen LogP contribution is -2.35. The highest BCUT2D eigenvalue weighted by molar-refractivity contribution is 5.94. The summed E-state index contributed by atoms with van der Waals surface area (Å²) in [6, 6.07) is 7.79. The zero-order chi connectivity index (χ0) is 16.2. The molecule has 3 rings (SSSR count). The lowest BCUT2D eigenvalue weighted by Gasteiger charge is -2.27. The summed E-state index contributed by atoms with van der Waals surface area (Å²) in [6.45, 7) is 3.83. The maximum atomic E-state index is 12.6. The Kier molecular flexibility index (Phi) is 4.96. The van der Waals surface area contributed by atoms with Crippen molar-refractivity contribution in [3.8, 4) is 0 Å². The van der Waals surface area contributed by atoms with Crippen molar-refractivity contribution in [3.63, 3.8) is 0 Å². The zero-order valence-corrected chi connectivity index (χ0v) is 13.4. The molecule has 124 valence electrons. The number of aliphatic carboxylic acids is 1. The van der Waals surface area contributed by atoms with Crippen LogP contribution in [0.4, 0.5) is 0 Å². The number of hydrogen-bond acceptors (Lipinski definition) is 3. The van der Waals surface area contributed by atoms with Crippen LogP contribution in [0.1, 0.15) is 41.6 Å². The van der Waals surface area contributed by atoms with Gasteiger partial charge in [-0.1, -0.05) is 12.1 Å². The molecular weight excluding hydrogens is 292 g/mol. The maximum absolute atomic E-state index is 12.6. The van der Waals surface area contributed by atoms with Crippen LogP contribution in [0.5, 0.6) is 0 Å². The highest BCUT2D eigenvalue weighted by Crippen LogP contribution is 2.20.